The zero-order valence-corrected chi connectivity index (χ0v) is 17.2. The van der Waals surface area contributed by atoms with Crippen molar-refractivity contribution in [3.05, 3.63) is 71.4 Å². The lowest BCUT2D eigenvalue weighted by molar-refractivity contribution is 0.122. The van der Waals surface area contributed by atoms with Crippen molar-refractivity contribution in [2.45, 2.75) is 26.8 Å². The molecule has 1 saturated heterocycles. The van der Waals surface area contributed by atoms with Crippen molar-refractivity contribution in [2.24, 2.45) is 0 Å². The standard InChI is InChI=1S/C24H28N4O/c1-3-22-18(2)24(28-13-15-29-16-14-28)27-23(26-22)20-9-11-21(12-10-20)25-17-19-7-5-4-6-8-19/h4-12,25H,3,13-17H2,1-2H3. The fraction of sp³-hybridized carbons (Fsp3) is 0.333. The topological polar surface area (TPSA) is 50.3 Å². The minimum Gasteiger partial charge on any atom is -0.381 e. The number of hydrogen-bond donors (Lipinski definition) is 1. The van der Waals surface area contributed by atoms with Gasteiger partial charge >= 0.3 is 0 Å². The van der Waals surface area contributed by atoms with Crippen LogP contribution in [-0.2, 0) is 17.7 Å². The van der Waals surface area contributed by atoms with Gasteiger partial charge in [-0.05, 0) is 43.2 Å². The Morgan fingerprint density at radius 1 is 0.966 bits per heavy atom. The smallest absolute Gasteiger partial charge is 0.161 e. The van der Waals surface area contributed by atoms with Crippen LogP contribution in [0.3, 0.4) is 0 Å². The molecular weight excluding hydrogens is 360 g/mol. The van der Waals surface area contributed by atoms with Crippen LogP contribution in [0.5, 0.6) is 0 Å². The monoisotopic (exact) mass is 388 g/mol. The van der Waals surface area contributed by atoms with Gasteiger partial charge in [0.25, 0.3) is 0 Å². The summed E-state index contributed by atoms with van der Waals surface area (Å²) in [5.41, 5.74) is 5.69. The molecule has 0 aliphatic carbocycles. The van der Waals surface area contributed by atoms with Crippen molar-refractivity contribution in [1.29, 1.82) is 0 Å². The third-order valence-corrected chi connectivity index (χ3v) is 5.35. The first-order chi connectivity index (χ1) is 14.2. The molecule has 0 bridgehead atoms. The van der Waals surface area contributed by atoms with Crippen molar-refractivity contribution in [1.82, 2.24) is 9.97 Å². The maximum Gasteiger partial charge on any atom is 0.161 e. The molecule has 1 fully saturated rings. The van der Waals surface area contributed by atoms with E-state index in [9.17, 15) is 0 Å². The molecule has 0 amide bonds. The molecule has 5 heteroatoms. The summed E-state index contributed by atoms with van der Waals surface area (Å²) in [6.07, 6.45) is 0.898. The Labute approximate surface area is 172 Å². The van der Waals surface area contributed by atoms with Gasteiger partial charge in [-0.25, -0.2) is 9.97 Å². The minimum atomic E-state index is 0.752. The van der Waals surface area contributed by atoms with Crippen LogP contribution in [0, 0.1) is 6.92 Å². The van der Waals surface area contributed by atoms with Crippen molar-refractivity contribution in [3.63, 3.8) is 0 Å². The Balaban J connectivity index is 1.55. The van der Waals surface area contributed by atoms with Crippen LogP contribution in [0.15, 0.2) is 54.6 Å². The molecule has 150 valence electrons. The van der Waals surface area contributed by atoms with E-state index in [4.69, 9.17) is 14.7 Å². The van der Waals surface area contributed by atoms with Crippen LogP contribution >= 0.6 is 0 Å². The van der Waals surface area contributed by atoms with Crippen molar-refractivity contribution >= 4 is 11.5 Å². The average Bonchev–Trinajstić information content (AvgIpc) is 2.79. The summed E-state index contributed by atoms with van der Waals surface area (Å²) in [7, 11) is 0. The fourth-order valence-corrected chi connectivity index (χ4v) is 3.64. The molecular formula is C24H28N4O. The summed E-state index contributed by atoms with van der Waals surface area (Å²) < 4.78 is 5.51. The van der Waals surface area contributed by atoms with Crippen LogP contribution < -0.4 is 10.2 Å². The van der Waals surface area contributed by atoms with Gasteiger partial charge in [0.2, 0.25) is 0 Å². The number of anilines is 2. The summed E-state index contributed by atoms with van der Waals surface area (Å²) >= 11 is 0. The van der Waals surface area contributed by atoms with E-state index in [0.717, 1.165) is 67.9 Å². The summed E-state index contributed by atoms with van der Waals surface area (Å²) in [4.78, 5) is 12.1. The minimum absolute atomic E-state index is 0.752. The number of rotatable bonds is 6. The summed E-state index contributed by atoms with van der Waals surface area (Å²) in [6, 6.07) is 18.8. The predicted octanol–water partition coefficient (Wildman–Crippen LogP) is 4.46. The molecule has 1 N–H and O–H groups in total. The molecule has 0 saturated carbocycles. The summed E-state index contributed by atoms with van der Waals surface area (Å²) in [5.74, 6) is 1.84. The molecule has 0 unspecified atom stereocenters. The summed E-state index contributed by atoms with van der Waals surface area (Å²) in [5, 5.41) is 3.47. The van der Waals surface area contributed by atoms with Crippen LogP contribution in [-0.4, -0.2) is 36.3 Å². The van der Waals surface area contributed by atoms with E-state index in [1.807, 2.05) is 6.07 Å². The Hall–Kier alpha value is -2.92. The van der Waals surface area contributed by atoms with E-state index in [1.165, 1.54) is 11.1 Å². The summed E-state index contributed by atoms with van der Waals surface area (Å²) in [6.45, 7) is 8.35. The third-order valence-electron chi connectivity index (χ3n) is 5.35. The maximum atomic E-state index is 5.51. The molecule has 3 aromatic rings. The highest BCUT2D eigenvalue weighted by molar-refractivity contribution is 5.63. The SMILES string of the molecule is CCc1nc(-c2ccc(NCc3ccccc3)cc2)nc(N2CCOCC2)c1C. The molecule has 2 heterocycles. The number of nitrogens with one attached hydrogen (secondary N) is 1. The first-order valence-corrected chi connectivity index (χ1v) is 10.3. The number of aryl methyl sites for hydroxylation is 1. The zero-order valence-electron chi connectivity index (χ0n) is 17.2. The van der Waals surface area contributed by atoms with Gasteiger partial charge in [-0.3, -0.25) is 0 Å². The second-order valence-electron chi connectivity index (χ2n) is 7.31. The van der Waals surface area contributed by atoms with Gasteiger partial charge in [-0.2, -0.15) is 0 Å². The molecule has 5 nitrogen and oxygen atoms in total. The predicted molar refractivity (Wildman–Crippen MR) is 118 cm³/mol. The van der Waals surface area contributed by atoms with Gasteiger partial charge < -0.3 is 15.0 Å². The van der Waals surface area contributed by atoms with E-state index < -0.39 is 0 Å². The number of hydrogen-bond acceptors (Lipinski definition) is 5. The fourth-order valence-electron chi connectivity index (χ4n) is 3.64. The Kier molecular flexibility index (Phi) is 6.06. The quantitative estimate of drug-likeness (QED) is 0.675. The lowest BCUT2D eigenvalue weighted by Crippen LogP contribution is -2.37. The highest BCUT2D eigenvalue weighted by Crippen LogP contribution is 2.26. The van der Waals surface area contributed by atoms with E-state index >= 15 is 0 Å². The Morgan fingerprint density at radius 3 is 2.38 bits per heavy atom. The molecule has 0 spiro atoms. The largest absolute Gasteiger partial charge is 0.381 e. The normalized spacial score (nSPS) is 14.1. The van der Waals surface area contributed by atoms with Gasteiger partial charge in [0.05, 0.1) is 13.2 Å². The van der Waals surface area contributed by atoms with E-state index in [0.29, 0.717) is 0 Å². The number of ether oxygens (including phenoxy) is 1. The molecule has 2 aromatic carbocycles. The van der Waals surface area contributed by atoms with Crippen LogP contribution in [0.4, 0.5) is 11.5 Å². The number of nitrogens with zero attached hydrogens (tertiary/aromatic N) is 3. The third kappa shape index (κ3) is 4.57. The van der Waals surface area contributed by atoms with Crippen molar-refractivity contribution < 1.29 is 4.74 Å². The molecule has 0 radical (unpaired) electrons. The number of morpholine rings is 1. The second-order valence-corrected chi connectivity index (χ2v) is 7.31. The van der Waals surface area contributed by atoms with Crippen LogP contribution in [0.1, 0.15) is 23.7 Å². The van der Waals surface area contributed by atoms with Gasteiger partial charge in [0, 0.05) is 42.1 Å². The van der Waals surface area contributed by atoms with E-state index in [-0.39, 0.29) is 0 Å². The lowest BCUT2D eigenvalue weighted by atomic mass is 10.1. The van der Waals surface area contributed by atoms with Gasteiger partial charge in [0.1, 0.15) is 5.82 Å². The molecule has 0 atom stereocenters. The first-order valence-electron chi connectivity index (χ1n) is 10.3. The van der Waals surface area contributed by atoms with Crippen LogP contribution in [0.2, 0.25) is 0 Å². The molecule has 1 aliphatic heterocycles. The lowest BCUT2D eigenvalue weighted by Gasteiger charge is -2.29. The second kappa shape index (κ2) is 9.05. The van der Waals surface area contributed by atoms with Crippen LogP contribution in [0.25, 0.3) is 11.4 Å². The number of aromatic nitrogens is 2. The highest BCUT2D eigenvalue weighted by Gasteiger charge is 2.19. The Bertz CT molecular complexity index is 935. The average molecular weight is 389 g/mol. The highest BCUT2D eigenvalue weighted by atomic mass is 16.5. The van der Waals surface area contributed by atoms with Crippen molar-refractivity contribution in [2.75, 3.05) is 36.5 Å². The zero-order chi connectivity index (χ0) is 20.1. The van der Waals surface area contributed by atoms with Crippen molar-refractivity contribution in [3.8, 4) is 11.4 Å². The molecule has 1 aliphatic rings. The van der Waals surface area contributed by atoms with Gasteiger partial charge in [-0.1, -0.05) is 37.3 Å². The van der Waals surface area contributed by atoms with Gasteiger partial charge in [-0.15, -0.1) is 0 Å². The van der Waals surface area contributed by atoms with E-state index in [2.05, 4.69) is 72.6 Å². The molecule has 4 rings (SSSR count). The van der Waals surface area contributed by atoms with E-state index in [1.54, 1.807) is 0 Å². The molecule has 1 aromatic heterocycles. The van der Waals surface area contributed by atoms with Gasteiger partial charge in [0.15, 0.2) is 5.82 Å². The molecule has 29 heavy (non-hydrogen) atoms. The maximum absolute atomic E-state index is 5.51. The Morgan fingerprint density at radius 2 is 1.69 bits per heavy atom. The first kappa shape index (κ1) is 19.4. The number of benzene rings is 2.